The minimum absolute atomic E-state index is 0.122. The van der Waals surface area contributed by atoms with Gasteiger partial charge >= 0.3 is 0 Å². The Bertz CT molecular complexity index is 584. The molecule has 0 bridgehead atoms. The lowest BCUT2D eigenvalue weighted by Gasteiger charge is -2.05. The highest BCUT2D eigenvalue weighted by Gasteiger charge is 2.21. The summed E-state index contributed by atoms with van der Waals surface area (Å²) >= 11 is 1.49. The van der Waals surface area contributed by atoms with Gasteiger partial charge in [0.1, 0.15) is 0 Å². The quantitative estimate of drug-likeness (QED) is 0.938. The monoisotopic (exact) mass is 277 g/mol. The van der Waals surface area contributed by atoms with E-state index in [2.05, 4.69) is 10.3 Å². The average Bonchev–Trinajstić information content (AvgIpc) is 3.09. The topological polar surface area (TPSA) is 56.2 Å². The number of thiophene rings is 1. The van der Waals surface area contributed by atoms with Crippen molar-refractivity contribution in [2.45, 2.75) is 18.9 Å². The van der Waals surface area contributed by atoms with Crippen molar-refractivity contribution in [3.8, 4) is 0 Å². The Morgan fingerprint density at radius 3 is 3.16 bits per heavy atom. The summed E-state index contributed by atoms with van der Waals surface area (Å²) in [5.41, 5.74) is 0. The van der Waals surface area contributed by atoms with Crippen LogP contribution in [0.2, 0.25) is 0 Å². The molecule has 100 valence electrons. The minimum Gasteiger partial charge on any atom is -0.373 e. The van der Waals surface area contributed by atoms with E-state index in [9.17, 15) is 4.79 Å². The molecule has 0 saturated carbocycles. The molecule has 1 aliphatic rings. The van der Waals surface area contributed by atoms with E-state index in [1.807, 2.05) is 19.2 Å². The summed E-state index contributed by atoms with van der Waals surface area (Å²) in [7, 11) is 1.84. The van der Waals surface area contributed by atoms with Gasteiger partial charge in [0.2, 0.25) is 5.95 Å². The van der Waals surface area contributed by atoms with Crippen molar-refractivity contribution >= 4 is 23.2 Å². The van der Waals surface area contributed by atoms with Crippen LogP contribution in [-0.4, -0.2) is 22.1 Å². The summed E-state index contributed by atoms with van der Waals surface area (Å²) in [6.07, 6.45) is 5.75. The van der Waals surface area contributed by atoms with Crippen LogP contribution >= 0.6 is 11.3 Å². The first-order chi connectivity index (χ1) is 9.24. The maximum atomic E-state index is 12.1. The van der Waals surface area contributed by atoms with Gasteiger partial charge < -0.3 is 9.30 Å². The third-order valence-electron chi connectivity index (χ3n) is 3.14. The fraction of sp³-hybridized carbons (Fsp3) is 0.385. The minimum atomic E-state index is -0.122. The van der Waals surface area contributed by atoms with E-state index in [0.717, 1.165) is 24.3 Å². The number of hydrogen-bond acceptors (Lipinski definition) is 4. The summed E-state index contributed by atoms with van der Waals surface area (Å²) in [4.78, 5) is 18.0. The molecule has 3 heterocycles. The molecule has 1 aliphatic heterocycles. The number of amides is 1. The molecule has 6 heteroatoms. The van der Waals surface area contributed by atoms with E-state index in [1.54, 1.807) is 17.0 Å². The van der Waals surface area contributed by atoms with Crippen molar-refractivity contribution in [3.63, 3.8) is 0 Å². The van der Waals surface area contributed by atoms with Crippen LogP contribution in [0, 0.1) is 0 Å². The van der Waals surface area contributed by atoms with Gasteiger partial charge in [0.15, 0.2) is 0 Å². The molecular weight excluding hydrogens is 262 g/mol. The lowest BCUT2D eigenvalue weighted by molar-refractivity contribution is 0.102. The molecule has 1 saturated heterocycles. The first kappa shape index (κ1) is 12.4. The maximum Gasteiger partial charge on any atom is 0.268 e. The second-order valence-electron chi connectivity index (χ2n) is 4.52. The number of anilines is 1. The Kier molecular flexibility index (Phi) is 3.35. The third kappa shape index (κ3) is 2.54. The van der Waals surface area contributed by atoms with Crippen molar-refractivity contribution in [1.82, 2.24) is 9.55 Å². The van der Waals surface area contributed by atoms with Crippen molar-refractivity contribution < 1.29 is 9.53 Å². The van der Waals surface area contributed by atoms with Gasteiger partial charge in [-0.1, -0.05) is 0 Å². The first-order valence-electron chi connectivity index (χ1n) is 6.24. The molecule has 0 spiro atoms. The zero-order chi connectivity index (χ0) is 13.2. The van der Waals surface area contributed by atoms with Crippen LogP contribution in [0.15, 0.2) is 24.5 Å². The summed E-state index contributed by atoms with van der Waals surface area (Å²) in [6, 6.07) is 3.83. The van der Waals surface area contributed by atoms with E-state index in [4.69, 9.17) is 4.74 Å². The summed E-state index contributed by atoms with van der Waals surface area (Å²) < 4.78 is 7.39. The first-order valence-corrected chi connectivity index (χ1v) is 7.06. The average molecular weight is 277 g/mol. The number of nitrogens with zero attached hydrogens (tertiary/aromatic N) is 2. The van der Waals surface area contributed by atoms with Gasteiger partial charge in [-0.05, 0) is 25.0 Å². The standard InChI is InChI=1S/C13H15N3O2S/c1-16-7-6-14-13(16)15-12(17)11-5-4-10(19-11)9-3-2-8-18-9/h4-7,9H,2-3,8H2,1H3,(H,14,15,17). The molecule has 0 radical (unpaired) electrons. The molecule has 5 nitrogen and oxygen atoms in total. The molecular formula is C13H15N3O2S. The van der Waals surface area contributed by atoms with E-state index in [0.29, 0.717) is 10.8 Å². The molecule has 19 heavy (non-hydrogen) atoms. The Morgan fingerprint density at radius 2 is 2.47 bits per heavy atom. The number of imidazole rings is 1. The number of hydrogen-bond donors (Lipinski definition) is 1. The van der Waals surface area contributed by atoms with Crippen LogP contribution in [0.25, 0.3) is 0 Å². The largest absolute Gasteiger partial charge is 0.373 e. The van der Waals surface area contributed by atoms with E-state index < -0.39 is 0 Å². The van der Waals surface area contributed by atoms with Gasteiger partial charge in [-0.2, -0.15) is 0 Å². The predicted molar refractivity (Wildman–Crippen MR) is 73.4 cm³/mol. The highest BCUT2D eigenvalue weighted by atomic mass is 32.1. The predicted octanol–water partition coefficient (Wildman–Crippen LogP) is 2.59. The summed E-state index contributed by atoms with van der Waals surface area (Å²) in [5, 5.41) is 2.79. The zero-order valence-electron chi connectivity index (χ0n) is 10.6. The molecule has 2 aromatic heterocycles. The Morgan fingerprint density at radius 1 is 1.58 bits per heavy atom. The van der Waals surface area contributed by atoms with Gasteiger partial charge in [-0.25, -0.2) is 4.98 Å². The highest BCUT2D eigenvalue weighted by molar-refractivity contribution is 7.14. The van der Waals surface area contributed by atoms with Crippen LogP contribution in [0.5, 0.6) is 0 Å². The number of carbonyl (C=O) groups excluding carboxylic acids is 1. The highest BCUT2D eigenvalue weighted by Crippen LogP contribution is 2.33. The van der Waals surface area contributed by atoms with E-state index in [-0.39, 0.29) is 12.0 Å². The van der Waals surface area contributed by atoms with E-state index >= 15 is 0 Å². The lowest BCUT2D eigenvalue weighted by atomic mass is 10.2. The molecule has 1 N–H and O–H groups in total. The van der Waals surface area contributed by atoms with Gasteiger partial charge in [0.25, 0.3) is 5.91 Å². The Hall–Kier alpha value is -1.66. The molecule has 3 rings (SSSR count). The number of aromatic nitrogens is 2. The smallest absolute Gasteiger partial charge is 0.268 e. The van der Waals surface area contributed by atoms with Crippen molar-refractivity contribution in [2.24, 2.45) is 7.05 Å². The van der Waals surface area contributed by atoms with Crippen molar-refractivity contribution in [1.29, 1.82) is 0 Å². The summed E-state index contributed by atoms with van der Waals surface area (Å²) in [6.45, 7) is 0.817. The number of carbonyl (C=O) groups is 1. The molecule has 0 aromatic carbocycles. The molecule has 1 unspecified atom stereocenters. The second kappa shape index (κ2) is 5.14. The van der Waals surface area contributed by atoms with Crippen LogP contribution in [0.4, 0.5) is 5.95 Å². The number of nitrogens with one attached hydrogen (secondary N) is 1. The maximum absolute atomic E-state index is 12.1. The van der Waals surface area contributed by atoms with Gasteiger partial charge in [0.05, 0.1) is 11.0 Å². The molecule has 1 fully saturated rings. The SMILES string of the molecule is Cn1ccnc1NC(=O)c1ccc(C2CCCO2)s1. The van der Waals surface area contributed by atoms with Crippen LogP contribution in [-0.2, 0) is 11.8 Å². The van der Waals surface area contributed by atoms with E-state index in [1.165, 1.54) is 11.3 Å². The second-order valence-corrected chi connectivity index (χ2v) is 5.63. The van der Waals surface area contributed by atoms with Crippen molar-refractivity contribution in [2.75, 3.05) is 11.9 Å². The molecule has 1 amide bonds. The third-order valence-corrected chi connectivity index (χ3v) is 4.32. The fourth-order valence-electron chi connectivity index (χ4n) is 2.10. The van der Waals surface area contributed by atoms with Gasteiger partial charge in [-0.3, -0.25) is 10.1 Å². The van der Waals surface area contributed by atoms with Crippen LogP contribution < -0.4 is 5.32 Å². The number of rotatable bonds is 3. The number of aryl methyl sites for hydroxylation is 1. The summed E-state index contributed by atoms with van der Waals surface area (Å²) in [5.74, 6) is 0.431. The Labute approximate surface area is 115 Å². The number of ether oxygens (including phenoxy) is 1. The molecule has 2 aromatic rings. The van der Waals surface area contributed by atoms with Gasteiger partial charge in [0, 0.05) is 30.9 Å². The van der Waals surface area contributed by atoms with Gasteiger partial charge in [-0.15, -0.1) is 11.3 Å². The molecule has 0 aliphatic carbocycles. The Balaban J connectivity index is 1.72. The zero-order valence-corrected chi connectivity index (χ0v) is 11.4. The van der Waals surface area contributed by atoms with Crippen LogP contribution in [0.1, 0.15) is 33.5 Å². The van der Waals surface area contributed by atoms with Crippen molar-refractivity contribution in [3.05, 3.63) is 34.3 Å². The molecule has 1 atom stereocenters. The fourth-order valence-corrected chi connectivity index (χ4v) is 3.09. The van der Waals surface area contributed by atoms with Crippen LogP contribution in [0.3, 0.4) is 0 Å². The normalized spacial score (nSPS) is 18.7. The lowest BCUT2D eigenvalue weighted by Crippen LogP contribution is -2.13.